The van der Waals surface area contributed by atoms with E-state index in [0.717, 1.165) is 32.8 Å². The molecule has 0 saturated carbocycles. The summed E-state index contributed by atoms with van der Waals surface area (Å²) in [6, 6.07) is 14.6. The zero-order valence-electron chi connectivity index (χ0n) is 18.6. The van der Waals surface area contributed by atoms with Crippen LogP contribution in [-0.2, 0) is 27.8 Å². The molecule has 0 radical (unpaired) electrons. The third-order valence-electron chi connectivity index (χ3n) is 5.08. The number of aryl methyl sites for hydroxylation is 2. The van der Waals surface area contributed by atoms with Crippen LogP contribution < -0.4 is 14.4 Å². The molecule has 0 bridgehead atoms. The van der Waals surface area contributed by atoms with Crippen LogP contribution in [0.5, 0.6) is 5.75 Å². The smallest absolute Gasteiger partial charge is 0.232 e. The lowest BCUT2D eigenvalue weighted by molar-refractivity contribution is -0.115. The van der Waals surface area contributed by atoms with Crippen LogP contribution in [0.25, 0.3) is 0 Å². The molecular weight excluding hydrogens is 426 g/mol. The number of aromatic nitrogens is 1. The van der Waals surface area contributed by atoms with Crippen LogP contribution in [-0.4, -0.2) is 32.6 Å². The Balaban J connectivity index is 1.85. The summed E-state index contributed by atoms with van der Waals surface area (Å²) >= 11 is 0. The Bertz CT molecular complexity index is 1210. The molecule has 0 saturated heterocycles. The first-order valence-electron chi connectivity index (χ1n) is 10.1. The molecule has 0 spiro atoms. The van der Waals surface area contributed by atoms with E-state index in [-0.39, 0.29) is 18.9 Å². The van der Waals surface area contributed by atoms with Crippen molar-refractivity contribution in [1.29, 1.82) is 0 Å². The lowest BCUT2D eigenvalue weighted by atomic mass is 10.1. The van der Waals surface area contributed by atoms with Gasteiger partial charge in [0.2, 0.25) is 15.9 Å². The van der Waals surface area contributed by atoms with Gasteiger partial charge < -0.3 is 10.1 Å². The van der Waals surface area contributed by atoms with Gasteiger partial charge in [-0.1, -0.05) is 23.8 Å². The zero-order chi connectivity index (χ0) is 23.3. The number of carbonyl (C=O) groups is 1. The van der Waals surface area contributed by atoms with Crippen LogP contribution in [0.15, 0.2) is 60.9 Å². The van der Waals surface area contributed by atoms with Crippen LogP contribution in [0.1, 0.15) is 22.3 Å². The van der Waals surface area contributed by atoms with Gasteiger partial charge in [0.05, 0.1) is 18.4 Å². The van der Waals surface area contributed by atoms with E-state index in [1.807, 2.05) is 32.0 Å². The summed E-state index contributed by atoms with van der Waals surface area (Å²) in [6.45, 7) is 4.27. The Morgan fingerprint density at radius 2 is 1.78 bits per heavy atom. The maximum absolute atomic E-state index is 12.5. The predicted molar refractivity (Wildman–Crippen MR) is 127 cm³/mol. The number of hydrogen-bond donors (Lipinski definition) is 1. The molecule has 1 N–H and O–H groups in total. The molecule has 1 aromatic heterocycles. The summed E-state index contributed by atoms with van der Waals surface area (Å²) in [4.78, 5) is 16.4. The minimum absolute atomic E-state index is 0.194. The number of pyridine rings is 1. The molecule has 3 aromatic rings. The van der Waals surface area contributed by atoms with Crippen LogP contribution in [0.3, 0.4) is 0 Å². The Morgan fingerprint density at radius 3 is 2.47 bits per heavy atom. The molecule has 32 heavy (non-hydrogen) atoms. The van der Waals surface area contributed by atoms with Crippen LogP contribution in [0.2, 0.25) is 0 Å². The summed E-state index contributed by atoms with van der Waals surface area (Å²) in [7, 11) is -2.02. The Morgan fingerprint density at radius 1 is 1.06 bits per heavy atom. The number of rotatable bonds is 8. The van der Waals surface area contributed by atoms with Crippen molar-refractivity contribution in [3.63, 3.8) is 0 Å². The van der Waals surface area contributed by atoms with Gasteiger partial charge in [-0.25, -0.2) is 8.42 Å². The van der Waals surface area contributed by atoms with E-state index in [1.165, 1.54) is 7.05 Å². The van der Waals surface area contributed by atoms with Crippen molar-refractivity contribution in [2.45, 2.75) is 26.9 Å². The second-order valence-corrected chi connectivity index (χ2v) is 9.73. The fourth-order valence-electron chi connectivity index (χ4n) is 3.15. The fourth-order valence-corrected chi connectivity index (χ4v) is 3.66. The fraction of sp³-hybridized carbons (Fsp3) is 0.250. The number of ether oxygens (including phenoxy) is 1. The number of benzene rings is 2. The monoisotopic (exact) mass is 453 g/mol. The largest absolute Gasteiger partial charge is 0.487 e. The molecule has 3 rings (SSSR count). The van der Waals surface area contributed by atoms with Gasteiger partial charge in [0.25, 0.3) is 0 Å². The Hall–Kier alpha value is -3.39. The van der Waals surface area contributed by atoms with Gasteiger partial charge in [-0.2, -0.15) is 0 Å². The van der Waals surface area contributed by atoms with Gasteiger partial charge in [-0.05, 0) is 54.8 Å². The van der Waals surface area contributed by atoms with Crippen molar-refractivity contribution in [3.8, 4) is 5.75 Å². The van der Waals surface area contributed by atoms with E-state index in [2.05, 4.69) is 10.3 Å². The maximum atomic E-state index is 12.5. The quantitative estimate of drug-likeness (QED) is 0.560. The Kier molecular flexibility index (Phi) is 7.15. The first-order chi connectivity index (χ1) is 15.1. The van der Waals surface area contributed by atoms with Gasteiger partial charge in [0.1, 0.15) is 12.4 Å². The molecule has 7 nitrogen and oxygen atoms in total. The van der Waals surface area contributed by atoms with Crippen LogP contribution >= 0.6 is 0 Å². The molecule has 0 atom stereocenters. The molecule has 0 aliphatic heterocycles. The average molecular weight is 454 g/mol. The number of carbonyl (C=O) groups excluding carboxylic acids is 1. The highest BCUT2D eigenvalue weighted by Crippen LogP contribution is 2.33. The molecular formula is C24H27N3O4S. The van der Waals surface area contributed by atoms with Gasteiger partial charge in [0, 0.05) is 31.2 Å². The van der Waals surface area contributed by atoms with Crippen molar-refractivity contribution >= 4 is 27.3 Å². The van der Waals surface area contributed by atoms with Gasteiger partial charge in [0.15, 0.2) is 0 Å². The molecule has 1 heterocycles. The third-order valence-corrected chi connectivity index (χ3v) is 6.27. The van der Waals surface area contributed by atoms with Crippen molar-refractivity contribution in [2.75, 3.05) is 22.9 Å². The van der Waals surface area contributed by atoms with Crippen molar-refractivity contribution < 1.29 is 17.9 Å². The zero-order valence-corrected chi connectivity index (χ0v) is 19.4. The number of sulfonamides is 1. The summed E-state index contributed by atoms with van der Waals surface area (Å²) in [5.41, 5.74) is 4.95. The summed E-state index contributed by atoms with van der Waals surface area (Å²) < 4.78 is 31.4. The first kappa shape index (κ1) is 23.3. The number of amides is 1. The van der Waals surface area contributed by atoms with E-state index in [9.17, 15) is 13.2 Å². The van der Waals surface area contributed by atoms with Gasteiger partial charge in [-0.15, -0.1) is 0 Å². The summed E-state index contributed by atoms with van der Waals surface area (Å²) in [6.07, 6.45) is 4.60. The average Bonchev–Trinajstić information content (AvgIpc) is 2.74. The molecule has 1 amide bonds. The first-order valence-corrected chi connectivity index (χ1v) is 11.9. The Labute approximate surface area is 189 Å². The minimum atomic E-state index is -3.49. The second kappa shape index (κ2) is 9.82. The summed E-state index contributed by atoms with van der Waals surface area (Å²) in [5.74, 6) is 0.168. The van der Waals surface area contributed by atoms with E-state index < -0.39 is 10.0 Å². The molecule has 0 fully saturated rings. The number of nitrogens with one attached hydrogen (secondary N) is 1. The number of nitrogens with zero attached hydrogens (tertiary/aromatic N) is 2. The number of anilines is 2. The van der Waals surface area contributed by atoms with Gasteiger partial charge in [-0.3, -0.25) is 14.1 Å². The molecule has 8 heteroatoms. The lowest BCUT2D eigenvalue weighted by Gasteiger charge is -2.21. The van der Waals surface area contributed by atoms with Crippen LogP contribution in [0.4, 0.5) is 11.4 Å². The SMILES string of the molecule is Cc1ccc(C)c(COc2cc(NC(=O)Cc3ccncc3)ccc2N(C)S(C)(=O)=O)c1. The molecule has 168 valence electrons. The van der Waals surface area contributed by atoms with Crippen molar-refractivity contribution in [2.24, 2.45) is 0 Å². The highest BCUT2D eigenvalue weighted by atomic mass is 32.2. The van der Waals surface area contributed by atoms with Gasteiger partial charge >= 0.3 is 0 Å². The van der Waals surface area contributed by atoms with E-state index in [4.69, 9.17) is 4.74 Å². The molecule has 0 aliphatic rings. The minimum Gasteiger partial charge on any atom is -0.487 e. The molecule has 0 aliphatic carbocycles. The maximum Gasteiger partial charge on any atom is 0.232 e. The lowest BCUT2D eigenvalue weighted by Crippen LogP contribution is -2.25. The standard InChI is InChI=1S/C24H27N3O4S/c1-17-5-6-18(2)20(13-17)16-31-23-15-21(7-8-22(23)27(3)32(4,29)30)26-24(28)14-19-9-11-25-12-10-19/h5-13,15H,14,16H2,1-4H3,(H,26,28). The summed E-state index contributed by atoms with van der Waals surface area (Å²) in [5, 5.41) is 2.85. The predicted octanol–water partition coefficient (Wildman–Crippen LogP) is 3.85. The van der Waals surface area contributed by atoms with Crippen LogP contribution in [0, 0.1) is 13.8 Å². The third kappa shape index (κ3) is 6.07. The highest BCUT2D eigenvalue weighted by Gasteiger charge is 2.18. The van der Waals surface area contributed by atoms with E-state index in [1.54, 1.807) is 42.7 Å². The second-order valence-electron chi connectivity index (χ2n) is 7.71. The number of hydrogen-bond acceptors (Lipinski definition) is 5. The molecule has 2 aromatic carbocycles. The topological polar surface area (TPSA) is 88.6 Å². The van der Waals surface area contributed by atoms with E-state index in [0.29, 0.717) is 17.1 Å². The van der Waals surface area contributed by atoms with Crippen molar-refractivity contribution in [1.82, 2.24) is 4.98 Å². The molecule has 0 unspecified atom stereocenters. The highest BCUT2D eigenvalue weighted by molar-refractivity contribution is 7.92. The van der Waals surface area contributed by atoms with Crippen molar-refractivity contribution in [3.05, 3.63) is 83.2 Å². The normalized spacial score (nSPS) is 11.1. The van der Waals surface area contributed by atoms with E-state index >= 15 is 0 Å².